The SMILES string of the molecule is CCOc1cncc(OCC)c1C=O. The lowest BCUT2D eigenvalue weighted by atomic mass is 10.2. The van der Waals surface area contributed by atoms with Gasteiger partial charge < -0.3 is 9.47 Å². The van der Waals surface area contributed by atoms with Crippen LogP contribution in [0.25, 0.3) is 0 Å². The fourth-order valence-corrected chi connectivity index (χ4v) is 1.09. The standard InChI is InChI=1S/C10H13NO3/c1-3-13-9-5-11-6-10(14-4-2)8(9)7-12/h5-7H,3-4H2,1-2H3. The minimum atomic E-state index is 0.420. The van der Waals surface area contributed by atoms with Gasteiger partial charge in [-0.05, 0) is 13.8 Å². The Labute approximate surface area is 82.9 Å². The van der Waals surface area contributed by atoms with Crippen molar-refractivity contribution in [3.63, 3.8) is 0 Å². The van der Waals surface area contributed by atoms with E-state index >= 15 is 0 Å². The van der Waals surface area contributed by atoms with Crippen molar-refractivity contribution < 1.29 is 14.3 Å². The van der Waals surface area contributed by atoms with E-state index in [0.717, 1.165) is 6.29 Å². The van der Waals surface area contributed by atoms with E-state index in [0.29, 0.717) is 30.3 Å². The number of hydrogen-bond donors (Lipinski definition) is 0. The number of aromatic nitrogens is 1. The van der Waals surface area contributed by atoms with Gasteiger partial charge in [-0.2, -0.15) is 0 Å². The fraction of sp³-hybridized carbons (Fsp3) is 0.400. The first-order valence-electron chi connectivity index (χ1n) is 4.52. The average Bonchev–Trinajstić information content (AvgIpc) is 2.19. The largest absolute Gasteiger partial charge is 0.491 e. The predicted molar refractivity (Wildman–Crippen MR) is 52.0 cm³/mol. The molecular weight excluding hydrogens is 182 g/mol. The number of aldehydes is 1. The fourth-order valence-electron chi connectivity index (χ4n) is 1.09. The van der Waals surface area contributed by atoms with E-state index < -0.39 is 0 Å². The molecule has 0 unspecified atom stereocenters. The molecule has 0 spiro atoms. The van der Waals surface area contributed by atoms with Crippen molar-refractivity contribution in [1.82, 2.24) is 4.98 Å². The third-order valence-corrected chi connectivity index (χ3v) is 1.63. The van der Waals surface area contributed by atoms with Crippen LogP contribution in [0, 0.1) is 0 Å². The van der Waals surface area contributed by atoms with Gasteiger partial charge >= 0.3 is 0 Å². The summed E-state index contributed by atoms with van der Waals surface area (Å²) in [7, 11) is 0. The Bertz CT molecular complexity index is 288. The minimum absolute atomic E-state index is 0.420. The Hall–Kier alpha value is -1.58. The Kier molecular flexibility index (Phi) is 3.91. The predicted octanol–water partition coefficient (Wildman–Crippen LogP) is 1.69. The molecule has 0 saturated heterocycles. The average molecular weight is 195 g/mol. The number of nitrogens with zero attached hydrogens (tertiary/aromatic N) is 1. The first-order chi connectivity index (χ1) is 6.83. The van der Waals surface area contributed by atoms with Gasteiger partial charge in [0.25, 0.3) is 0 Å². The molecule has 0 bridgehead atoms. The van der Waals surface area contributed by atoms with Gasteiger partial charge in [-0.3, -0.25) is 9.78 Å². The van der Waals surface area contributed by atoms with Crippen molar-refractivity contribution in [2.75, 3.05) is 13.2 Å². The molecule has 0 aliphatic heterocycles. The van der Waals surface area contributed by atoms with Crippen LogP contribution in [0.3, 0.4) is 0 Å². The van der Waals surface area contributed by atoms with Crippen LogP contribution >= 0.6 is 0 Å². The number of carbonyl (C=O) groups excluding carboxylic acids is 1. The van der Waals surface area contributed by atoms with Crippen LogP contribution in [-0.2, 0) is 0 Å². The number of hydrogen-bond acceptors (Lipinski definition) is 4. The van der Waals surface area contributed by atoms with E-state index in [1.165, 1.54) is 12.4 Å². The highest BCUT2D eigenvalue weighted by Crippen LogP contribution is 2.24. The topological polar surface area (TPSA) is 48.4 Å². The van der Waals surface area contributed by atoms with Crippen molar-refractivity contribution in [3.8, 4) is 11.5 Å². The molecule has 4 heteroatoms. The van der Waals surface area contributed by atoms with Crippen LogP contribution in [0.5, 0.6) is 11.5 Å². The molecule has 1 heterocycles. The number of ether oxygens (including phenoxy) is 2. The second kappa shape index (κ2) is 5.21. The molecule has 0 radical (unpaired) electrons. The molecule has 0 fully saturated rings. The van der Waals surface area contributed by atoms with Crippen molar-refractivity contribution >= 4 is 6.29 Å². The van der Waals surface area contributed by atoms with E-state index in [1.54, 1.807) is 0 Å². The van der Waals surface area contributed by atoms with Gasteiger partial charge in [0, 0.05) is 0 Å². The highest BCUT2D eigenvalue weighted by molar-refractivity contribution is 5.83. The molecule has 0 aliphatic rings. The van der Waals surface area contributed by atoms with Crippen LogP contribution in [-0.4, -0.2) is 24.5 Å². The third kappa shape index (κ3) is 2.22. The van der Waals surface area contributed by atoms with Gasteiger partial charge in [0.1, 0.15) is 5.56 Å². The minimum Gasteiger partial charge on any atom is -0.491 e. The molecule has 1 aromatic rings. The van der Waals surface area contributed by atoms with E-state index in [2.05, 4.69) is 4.98 Å². The second-order valence-corrected chi connectivity index (χ2v) is 2.53. The van der Waals surface area contributed by atoms with Crippen molar-refractivity contribution in [2.24, 2.45) is 0 Å². The Morgan fingerprint density at radius 2 is 1.71 bits per heavy atom. The lowest BCUT2D eigenvalue weighted by Gasteiger charge is -2.09. The smallest absolute Gasteiger partial charge is 0.157 e. The zero-order chi connectivity index (χ0) is 10.4. The zero-order valence-electron chi connectivity index (χ0n) is 8.32. The molecule has 0 amide bonds. The summed E-state index contributed by atoms with van der Waals surface area (Å²) in [6.45, 7) is 4.69. The summed E-state index contributed by atoms with van der Waals surface area (Å²) in [6.07, 6.45) is 3.74. The van der Waals surface area contributed by atoms with Crippen LogP contribution in [0.2, 0.25) is 0 Å². The van der Waals surface area contributed by atoms with Gasteiger partial charge in [0.05, 0.1) is 25.6 Å². The maximum absolute atomic E-state index is 10.8. The van der Waals surface area contributed by atoms with Crippen LogP contribution in [0.1, 0.15) is 24.2 Å². The molecule has 4 nitrogen and oxygen atoms in total. The molecule has 0 atom stereocenters. The molecule has 76 valence electrons. The first-order valence-corrected chi connectivity index (χ1v) is 4.52. The van der Waals surface area contributed by atoms with Crippen molar-refractivity contribution in [2.45, 2.75) is 13.8 Å². The summed E-state index contributed by atoms with van der Waals surface area (Å²) in [6, 6.07) is 0. The summed E-state index contributed by atoms with van der Waals surface area (Å²) in [5.41, 5.74) is 0.420. The van der Waals surface area contributed by atoms with E-state index in [-0.39, 0.29) is 0 Å². The number of rotatable bonds is 5. The van der Waals surface area contributed by atoms with Crippen LogP contribution in [0.4, 0.5) is 0 Å². The number of pyridine rings is 1. The highest BCUT2D eigenvalue weighted by atomic mass is 16.5. The Morgan fingerprint density at radius 1 is 1.21 bits per heavy atom. The molecule has 1 rings (SSSR count). The lowest BCUT2D eigenvalue weighted by Crippen LogP contribution is -2.01. The van der Waals surface area contributed by atoms with Gasteiger partial charge in [-0.15, -0.1) is 0 Å². The maximum Gasteiger partial charge on any atom is 0.157 e. The Balaban J connectivity index is 3.04. The summed E-state index contributed by atoms with van der Waals surface area (Å²) in [4.78, 5) is 14.7. The summed E-state index contributed by atoms with van der Waals surface area (Å²) < 4.78 is 10.5. The summed E-state index contributed by atoms with van der Waals surface area (Å²) >= 11 is 0. The molecule has 0 aromatic carbocycles. The molecule has 1 aromatic heterocycles. The van der Waals surface area contributed by atoms with Gasteiger partial charge in [-0.1, -0.05) is 0 Å². The quantitative estimate of drug-likeness (QED) is 0.671. The highest BCUT2D eigenvalue weighted by Gasteiger charge is 2.09. The first kappa shape index (κ1) is 10.5. The maximum atomic E-state index is 10.8. The van der Waals surface area contributed by atoms with Crippen LogP contribution in [0.15, 0.2) is 12.4 Å². The van der Waals surface area contributed by atoms with E-state index in [1.807, 2.05) is 13.8 Å². The summed E-state index contributed by atoms with van der Waals surface area (Å²) in [5, 5.41) is 0. The van der Waals surface area contributed by atoms with Gasteiger partial charge in [0.15, 0.2) is 17.8 Å². The Morgan fingerprint density at radius 3 is 2.07 bits per heavy atom. The van der Waals surface area contributed by atoms with Crippen molar-refractivity contribution in [1.29, 1.82) is 0 Å². The molecular formula is C10H13NO3. The molecule has 0 aliphatic carbocycles. The molecule has 14 heavy (non-hydrogen) atoms. The lowest BCUT2D eigenvalue weighted by molar-refractivity contribution is 0.111. The molecule has 0 N–H and O–H groups in total. The molecule has 0 saturated carbocycles. The second-order valence-electron chi connectivity index (χ2n) is 2.53. The van der Waals surface area contributed by atoms with E-state index in [4.69, 9.17) is 9.47 Å². The normalized spacial score (nSPS) is 9.57. The third-order valence-electron chi connectivity index (χ3n) is 1.63. The van der Waals surface area contributed by atoms with Crippen molar-refractivity contribution in [3.05, 3.63) is 18.0 Å². The summed E-state index contributed by atoms with van der Waals surface area (Å²) in [5.74, 6) is 0.932. The van der Waals surface area contributed by atoms with E-state index in [9.17, 15) is 4.79 Å². The number of carbonyl (C=O) groups is 1. The monoisotopic (exact) mass is 195 g/mol. The van der Waals surface area contributed by atoms with Gasteiger partial charge in [-0.25, -0.2) is 0 Å². The van der Waals surface area contributed by atoms with Gasteiger partial charge in [0.2, 0.25) is 0 Å². The van der Waals surface area contributed by atoms with Crippen LogP contribution < -0.4 is 9.47 Å². The zero-order valence-corrected chi connectivity index (χ0v) is 8.32.